The summed E-state index contributed by atoms with van der Waals surface area (Å²) < 4.78 is 23.8. The largest absolute Gasteiger partial charge is 0.309 e. The zero-order chi connectivity index (χ0) is 11.4. The van der Waals surface area contributed by atoms with Crippen LogP contribution in [0.4, 0.5) is 0 Å². The number of hydrogen-bond donors (Lipinski definition) is 2. The van der Waals surface area contributed by atoms with Crippen LogP contribution in [0.5, 0.6) is 0 Å². The highest BCUT2D eigenvalue weighted by Crippen LogP contribution is 1.95. The third-order valence-electron chi connectivity index (χ3n) is 1.64. The second-order valence-corrected chi connectivity index (χ2v) is 4.94. The lowest BCUT2D eigenvalue weighted by Crippen LogP contribution is -2.44. The summed E-state index contributed by atoms with van der Waals surface area (Å²) in [5, 5.41) is 2.72. The molecule has 5 nitrogen and oxygen atoms in total. The fourth-order valence-electron chi connectivity index (χ4n) is 0.858. The summed E-state index contributed by atoms with van der Waals surface area (Å²) in [6.07, 6.45) is 1.05. The maximum atomic E-state index is 11.4. The van der Waals surface area contributed by atoms with Gasteiger partial charge in [-0.15, -0.1) is 0 Å². The smallest absolute Gasteiger partial charge is 0.208 e. The lowest BCUT2D eigenvalue weighted by Gasteiger charge is -2.14. The molecule has 0 rings (SSSR count). The summed E-state index contributed by atoms with van der Waals surface area (Å²) in [5.74, 6) is -0.191. The maximum absolute atomic E-state index is 11.4. The maximum Gasteiger partial charge on any atom is 0.208 e. The van der Waals surface area contributed by atoms with Crippen molar-refractivity contribution < 1.29 is 13.2 Å². The summed E-state index contributed by atoms with van der Waals surface area (Å²) in [7, 11) is -1.67. The van der Waals surface area contributed by atoms with Gasteiger partial charge in [0.1, 0.15) is 0 Å². The third-order valence-corrected chi connectivity index (χ3v) is 2.33. The third kappa shape index (κ3) is 5.11. The topological polar surface area (TPSA) is 75.3 Å². The minimum absolute atomic E-state index is 0.0427. The Balaban J connectivity index is 4.32. The molecule has 0 saturated carbocycles. The van der Waals surface area contributed by atoms with E-state index < -0.39 is 16.1 Å². The number of hydrogen-bond acceptors (Lipinski definition) is 4. The number of rotatable bonds is 6. The van der Waals surface area contributed by atoms with Gasteiger partial charge in [-0.2, -0.15) is 0 Å². The van der Waals surface area contributed by atoms with Crippen LogP contribution in [0, 0.1) is 0 Å². The van der Waals surface area contributed by atoms with Crippen LogP contribution in [0.2, 0.25) is 0 Å². The molecule has 1 atom stereocenters. The van der Waals surface area contributed by atoms with E-state index in [1.165, 1.54) is 0 Å². The molecule has 0 amide bonds. The summed E-state index contributed by atoms with van der Waals surface area (Å²) in [4.78, 5) is 11.4. The minimum atomic E-state index is -3.26. The van der Waals surface area contributed by atoms with E-state index in [2.05, 4.69) is 16.6 Å². The average molecular weight is 220 g/mol. The van der Waals surface area contributed by atoms with Crippen molar-refractivity contribution in [2.24, 2.45) is 0 Å². The summed E-state index contributed by atoms with van der Waals surface area (Å²) >= 11 is 0. The molecular formula is C8H16N2O3S. The molecule has 0 spiro atoms. The van der Waals surface area contributed by atoms with Gasteiger partial charge >= 0.3 is 0 Å². The highest BCUT2D eigenvalue weighted by Gasteiger charge is 2.17. The number of Topliss-reactive ketones (excluding diaryl/α,β-unsaturated/α-hetero) is 1. The van der Waals surface area contributed by atoms with E-state index in [0.717, 1.165) is 6.26 Å². The molecular weight excluding hydrogens is 204 g/mol. The Morgan fingerprint density at radius 2 is 2.00 bits per heavy atom. The molecule has 2 N–H and O–H groups in total. The average Bonchev–Trinajstić information content (AvgIpc) is 2.02. The van der Waals surface area contributed by atoms with Crippen LogP contribution >= 0.6 is 0 Å². The first-order valence-electron chi connectivity index (χ1n) is 4.09. The molecule has 0 saturated heterocycles. The van der Waals surface area contributed by atoms with E-state index in [1.807, 2.05) is 0 Å². The Hall–Kier alpha value is -0.720. The first-order valence-corrected chi connectivity index (χ1v) is 5.98. The van der Waals surface area contributed by atoms with Crippen LogP contribution in [-0.2, 0) is 14.8 Å². The lowest BCUT2D eigenvalue weighted by atomic mass is 10.1. The van der Waals surface area contributed by atoms with Crippen molar-refractivity contribution in [2.75, 3.05) is 19.8 Å². The molecule has 0 aliphatic carbocycles. The Morgan fingerprint density at radius 3 is 2.29 bits per heavy atom. The second kappa shape index (κ2) is 5.23. The predicted molar refractivity (Wildman–Crippen MR) is 55.5 cm³/mol. The number of sulfonamides is 1. The number of carbonyl (C=O) groups is 1. The molecule has 1 unspecified atom stereocenters. The Kier molecular flexibility index (Phi) is 4.96. The highest BCUT2D eigenvalue weighted by atomic mass is 32.2. The normalized spacial score (nSPS) is 13.6. The monoisotopic (exact) mass is 220 g/mol. The van der Waals surface area contributed by atoms with Gasteiger partial charge < -0.3 is 5.32 Å². The van der Waals surface area contributed by atoms with Crippen molar-refractivity contribution in [3.63, 3.8) is 0 Å². The van der Waals surface area contributed by atoms with Crippen molar-refractivity contribution >= 4 is 15.8 Å². The van der Waals surface area contributed by atoms with Crippen LogP contribution in [-0.4, -0.2) is 40.1 Å². The van der Waals surface area contributed by atoms with E-state index >= 15 is 0 Å². The van der Waals surface area contributed by atoms with Gasteiger partial charge in [-0.3, -0.25) is 4.79 Å². The van der Waals surface area contributed by atoms with E-state index in [0.29, 0.717) is 5.57 Å². The van der Waals surface area contributed by atoms with Gasteiger partial charge in [0.2, 0.25) is 10.0 Å². The zero-order valence-corrected chi connectivity index (χ0v) is 9.44. The predicted octanol–water partition coefficient (Wildman–Crippen LogP) is -0.731. The summed E-state index contributed by atoms with van der Waals surface area (Å²) in [5.41, 5.74) is 0.402. The van der Waals surface area contributed by atoms with Gasteiger partial charge in [0, 0.05) is 6.54 Å². The SMILES string of the molecule is C=C(C)C(=O)C(CNS(C)(=O)=O)NC. The fraction of sp³-hybridized carbons (Fsp3) is 0.625. The minimum Gasteiger partial charge on any atom is -0.309 e. The van der Waals surface area contributed by atoms with Gasteiger partial charge in [0.15, 0.2) is 5.78 Å². The van der Waals surface area contributed by atoms with Crippen LogP contribution < -0.4 is 10.0 Å². The Bertz CT molecular complexity index is 321. The summed E-state index contributed by atoms with van der Waals surface area (Å²) in [6.45, 7) is 5.13. The molecule has 0 aromatic heterocycles. The van der Waals surface area contributed by atoms with Crippen molar-refractivity contribution in [1.82, 2.24) is 10.0 Å². The molecule has 0 radical (unpaired) electrons. The first kappa shape index (κ1) is 13.3. The quantitative estimate of drug-likeness (QED) is 0.579. The van der Waals surface area contributed by atoms with Gasteiger partial charge in [0.25, 0.3) is 0 Å². The fourth-order valence-corrected chi connectivity index (χ4v) is 1.33. The van der Waals surface area contributed by atoms with Crippen molar-refractivity contribution in [3.05, 3.63) is 12.2 Å². The molecule has 0 aromatic rings. The number of carbonyl (C=O) groups excluding carboxylic acids is 1. The highest BCUT2D eigenvalue weighted by molar-refractivity contribution is 7.88. The van der Waals surface area contributed by atoms with Gasteiger partial charge in [-0.1, -0.05) is 6.58 Å². The molecule has 82 valence electrons. The number of ketones is 1. The molecule has 0 bridgehead atoms. The molecule has 0 aromatic carbocycles. The molecule has 0 fully saturated rings. The molecule has 14 heavy (non-hydrogen) atoms. The first-order chi connectivity index (χ1) is 6.28. The van der Waals surface area contributed by atoms with Crippen molar-refractivity contribution in [1.29, 1.82) is 0 Å². The standard InChI is InChI=1S/C8H16N2O3S/c1-6(2)8(11)7(9-3)5-10-14(4,12)13/h7,9-10H,1,5H2,2-4H3. The van der Waals surface area contributed by atoms with Gasteiger partial charge in [0.05, 0.1) is 12.3 Å². The van der Waals surface area contributed by atoms with Crippen LogP contribution in [0.15, 0.2) is 12.2 Å². The zero-order valence-electron chi connectivity index (χ0n) is 8.62. The van der Waals surface area contributed by atoms with Crippen molar-refractivity contribution in [2.45, 2.75) is 13.0 Å². The second-order valence-electron chi connectivity index (χ2n) is 3.11. The Morgan fingerprint density at radius 1 is 1.50 bits per heavy atom. The molecule has 0 heterocycles. The summed E-state index contributed by atoms with van der Waals surface area (Å²) in [6, 6.07) is -0.553. The van der Waals surface area contributed by atoms with E-state index in [-0.39, 0.29) is 12.3 Å². The van der Waals surface area contributed by atoms with Crippen LogP contribution in [0.3, 0.4) is 0 Å². The van der Waals surface area contributed by atoms with Gasteiger partial charge in [-0.25, -0.2) is 13.1 Å². The van der Waals surface area contributed by atoms with Crippen LogP contribution in [0.1, 0.15) is 6.92 Å². The number of likely N-dealkylation sites (N-methyl/N-ethyl adjacent to an activating group) is 1. The Labute approximate surface area is 84.6 Å². The van der Waals surface area contributed by atoms with E-state index in [9.17, 15) is 13.2 Å². The lowest BCUT2D eigenvalue weighted by molar-refractivity contribution is -0.117. The van der Waals surface area contributed by atoms with Crippen molar-refractivity contribution in [3.8, 4) is 0 Å². The molecule has 6 heteroatoms. The molecule has 0 aliphatic rings. The van der Waals surface area contributed by atoms with Gasteiger partial charge in [-0.05, 0) is 19.5 Å². The molecule has 0 aliphatic heterocycles. The number of nitrogens with one attached hydrogen (secondary N) is 2. The van der Waals surface area contributed by atoms with E-state index in [1.54, 1.807) is 14.0 Å². The van der Waals surface area contributed by atoms with E-state index in [4.69, 9.17) is 0 Å². The van der Waals surface area contributed by atoms with Crippen LogP contribution in [0.25, 0.3) is 0 Å².